The van der Waals surface area contributed by atoms with Crippen LogP contribution < -0.4 is 0 Å². The lowest BCUT2D eigenvalue weighted by Gasteiger charge is -2.42. The number of carbonyl (C=O) groups excluding carboxylic acids is 1. The van der Waals surface area contributed by atoms with Crippen molar-refractivity contribution in [2.24, 2.45) is 0 Å². The Balaban J connectivity index is 1.71. The molecule has 0 amide bonds. The van der Waals surface area contributed by atoms with E-state index in [0.29, 0.717) is 13.0 Å². The Hall–Kier alpha value is -1.27. The van der Waals surface area contributed by atoms with Gasteiger partial charge in [0.05, 0.1) is 26.4 Å². The first kappa shape index (κ1) is 61.8. The molecule has 2 heterocycles. The van der Waals surface area contributed by atoms with Crippen LogP contribution in [-0.2, 0) is 33.2 Å². The third kappa shape index (κ3) is 29.0. The summed E-state index contributed by atoms with van der Waals surface area (Å²) in [5.41, 5.74) is 0. The number of hydrogen-bond donors (Lipinski definition) is 7. The van der Waals surface area contributed by atoms with Gasteiger partial charge in [-0.25, -0.2) is 0 Å². The van der Waals surface area contributed by atoms with Gasteiger partial charge in [0.25, 0.3) is 0 Å². The first-order valence-electron chi connectivity index (χ1n) is 27.3. The van der Waals surface area contributed by atoms with Crippen LogP contribution in [0.4, 0.5) is 0 Å². The molecule has 396 valence electrons. The molecule has 67 heavy (non-hydrogen) atoms. The van der Waals surface area contributed by atoms with E-state index in [4.69, 9.17) is 28.4 Å². The maximum Gasteiger partial charge on any atom is 0.306 e. The number of rotatable bonds is 44. The zero-order valence-corrected chi connectivity index (χ0v) is 42.2. The maximum atomic E-state index is 13.0. The molecule has 2 fully saturated rings. The van der Waals surface area contributed by atoms with Gasteiger partial charge in [-0.3, -0.25) is 4.79 Å². The summed E-state index contributed by atoms with van der Waals surface area (Å²) in [6, 6.07) is 0. The van der Waals surface area contributed by atoms with E-state index in [0.717, 1.165) is 44.9 Å². The molecular formula is C53H100O14. The van der Waals surface area contributed by atoms with Gasteiger partial charge >= 0.3 is 5.97 Å². The Kier molecular flexibility index (Phi) is 38.2. The molecule has 11 atom stereocenters. The molecule has 0 radical (unpaired) electrons. The lowest BCUT2D eigenvalue weighted by molar-refractivity contribution is -0.332. The Morgan fingerprint density at radius 1 is 0.478 bits per heavy atom. The van der Waals surface area contributed by atoms with Gasteiger partial charge in [0.2, 0.25) is 0 Å². The molecule has 14 nitrogen and oxygen atoms in total. The van der Waals surface area contributed by atoms with Crippen LogP contribution in [0.1, 0.15) is 219 Å². The fraction of sp³-hybridized carbons (Fsp3) is 0.943. The predicted octanol–water partition coefficient (Wildman–Crippen LogP) is 8.63. The average molecular weight is 961 g/mol. The highest BCUT2D eigenvalue weighted by molar-refractivity contribution is 5.69. The highest BCUT2D eigenvalue weighted by Crippen LogP contribution is 2.27. The first-order chi connectivity index (χ1) is 32.6. The van der Waals surface area contributed by atoms with Crippen LogP contribution in [-0.4, -0.2) is 142 Å². The Labute approximate surface area is 405 Å². The molecule has 2 saturated heterocycles. The molecule has 2 aliphatic heterocycles. The fourth-order valence-corrected chi connectivity index (χ4v) is 8.80. The van der Waals surface area contributed by atoms with Crippen molar-refractivity contribution < 1.29 is 69.0 Å². The average Bonchev–Trinajstić information content (AvgIpc) is 3.32. The van der Waals surface area contributed by atoms with Crippen LogP contribution >= 0.6 is 0 Å². The second-order valence-electron chi connectivity index (χ2n) is 19.4. The Morgan fingerprint density at radius 3 is 1.40 bits per heavy atom. The number of aliphatic hydroxyl groups excluding tert-OH is 7. The summed E-state index contributed by atoms with van der Waals surface area (Å²) in [7, 11) is 0. The fourth-order valence-electron chi connectivity index (χ4n) is 8.80. The van der Waals surface area contributed by atoms with Gasteiger partial charge in [0, 0.05) is 13.0 Å². The summed E-state index contributed by atoms with van der Waals surface area (Å²) in [6.07, 6.45) is 27.1. The van der Waals surface area contributed by atoms with Crippen molar-refractivity contribution in [2.45, 2.75) is 287 Å². The van der Waals surface area contributed by atoms with Gasteiger partial charge in [0.15, 0.2) is 12.6 Å². The summed E-state index contributed by atoms with van der Waals surface area (Å²) in [6.45, 7) is 3.68. The summed E-state index contributed by atoms with van der Waals surface area (Å²) >= 11 is 0. The van der Waals surface area contributed by atoms with Crippen molar-refractivity contribution in [3.05, 3.63) is 12.2 Å². The van der Waals surface area contributed by atoms with Gasteiger partial charge in [0.1, 0.15) is 54.9 Å². The van der Waals surface area contributed by atoms with E-state index in [1.54, 1.807) is 0 Å². The van der Waals surface area contributed by atoms with Crippen molar-refractivity contribution in [1.82, 2.24) is 0 Å². The molecule has 0 aromatic heterocycles. The Bertz CT molecular complexity index is 1160. The minimum absolute atomic E-state index is 0.0626. The van der Waals surface area contributed by atoms with Crippen molar-refractivity contribution in [3.63, 3.8) is 0 Å². The number of ether oxygens (including phenoxy) is 6. The molecule has 7 N–H and O–H groups in total. The van der Waals surface area contributed by atoms with E-state index < -0.39 is 80.7 Å². The summed E-state index contributed by atoms with van der Waals surface area (Å²) in [5.74, 6) is -0.374. The van der Waals surface area contributed by atoms with E-state index in [2.05, 4.69) is 26.0 Å². The van der Waals surface area contributed by atoms with Crippen LogP contribution in [0.5, 0.6) is 0 Å². The van der Waals surface area contributed by atoms with Crippen LogP contribution in [0.15, 0.2) is 12.2 Å². The highest BCUT2D eigenvalue weighted by atomic mass is 16.7. The predicted molar refractivity (Wildman–Crippen MR) is 261 cm³/mol. The van der Waals surface area contributed by atoms with Gasteiger partial charge in [-0.15, -0.1) is 0 Å². The van der Waals surface area contributed by atoms with Crippen LogP contribution in [0.25, 0.3) is 0 Å². The SMILES string of the molecule is CCCC/C=C\CCCCCCCCOCC(COC1OC(COC2OC(CO)C(O)C(O)C2O)C(O)C(O)C1O)OC(=O)CCCCCCCCCCCCCCCCCCCCCCC. The molecule has 0 aliphatic carbocycles. The van der Waals surface area contributed by atoms with Gasteiger partial charge in [-0.1, -0.05) is 193 Å². The highest BCUT2D eigenvalue weighted by Gasteiger charge is 2.47. The van der Waals surface area contributed by atoms with Gasteiger partial charge in [-0.2, -0.15) is 0 Å². The minimum Gasteiger partial charge on any atom is -0.457 e. The lowest BCUT2D eigenvalue weighted by atomic mass is 9.98. The van der Waals surface area contributed by atoms with Crippen molar-refractivity contribution >= 4 is 5.97 Å². The largest absolute Gasteiger partial charge is 0.457 e. The minimum atomic E-state index is -1.70. The number of hydrogen-bond acceptors (Lipinski definition) is 14. The summed E-state index contributed by atoms with van der Waals surface area (Å²) < 4.78 is 34.3. The number of aliphatic hydroxyl groups is 7. The zero-order valence-electron chi connectivity index (χ0n) is 42.2. The third-order valence-electron chi connectivity index (χ3n) is 13.3. The number of carbonyl (C=O) groups is 1. The zero-order chi connectivity index (χ0) is 48.7. The normalized spacial score (nSPS) is 26.1. The Morgan fingerprint density at radius 2 is 0.896 bits per heavy atom. The summed E-state index contributed by atoms with van der Waals surface area (Å²) in [5, 5.41) is 72.1. The third-order valence-corrected chi connectivity index (χ3v) is 13.3. The second kappa shape index (κ2) is 41.4. The molecule has 14 heteroatoms. The maximum absolute atomic E-state index is 13.0. The molecular weight excluding hydrogens is 861 g/mol. The molecule has 0 aromatic rings. The standard InChI is InChI=1S/C53H100O14/c1-3-5-7-9-11-13-15-17-18-19-20-21-22-23-24-25-26-28-30-32-34-36-45(55)65-42(39-62-37-35-33-31-29-27-16-14-12-10-8-6-4-2)40-63-52-51(61)49(59)47(57)44(67-52)41-64-53-50(60)48(58)46(56)43(38-54)66-53/h10,12,42-44,46-54,56-61H,3-9,11,13-41H2,1-2H3/b12-10-. The van der Waals surface area contributed by atoms with Gasteiger partial charge in [-0.05, 0) is 32.1 Å². The van der Waals surface area contributed by atoms with E-state index in [9.17, 15) is 40.5 Å². The monoisotopic (exact) mass is 961 g/mol. The van der Waals surface area contributed by atoms with Crippen LogP contribution in [0.3, 0.4) is 0 Å². The van der Waals surface area contributed by atoms with Crippen LogP contribution in [0.2, 0.25) is 0 Å². The van der Waals surface area contributed by atoms with Crippen molar-refractivity contribution in [2.75, 3.05) is 33.0 Å². The van der Waals surface area contributed by atoms with Gasteiger partial charge < -0.3 is 64.2 Å². The lowest BCUT2D eigenvalue weighted by Crippen LogP contribution is -2.61. The smallest absolute Gasteiger partial charge is 0.306 e. The van der Waals surface area contributed by atoms with E-state index in [-0.39, 0.29) is 25.6 Å². The van der Waals surface area contributed by atoms with E-state index in [1.807, 2.05) is 0 Å². The van der Waals surface area contributed by atoms with E-state index in [1.165, 1.54) is 148 Å². The molecule has 11 unspecified atom stereocenters. The molecule has 0 saturated carbocycles. The molecule has 0 bridgehead atoms. The topological polar surface area (TPSA) is 214 Å². The van der Waals surface area contributed by atoms with Crippen molar-refractivity contribution in [1.29, 1.82) is 0 Å². The van der Waals surface area contributed by atoms with Crippen LogP contribution in [0, 0.1) is 0 Å². The molecule has 2 aliphatic rings. The molecule has 0 aromatic carbocycles. The van der Waals surface area contributed by atoms with E-state index >= 15 is 0 Å². The number of unbranched alkanes of at least 4 members (excludes halogenated alkanes) is 28. The second-order valence-corrected chi connectivity index (χ2v) is 19.4. The number of allylic oxidation sites excluding steroid dienone is 2. The first-order valence-corrected chi connectivity index (χ1v) is 27.3. The quantitative estimate of drug-likeness (QED) is 0.0173. The molecule has 2 rings (SSSR count). The summed E-state index contributed by atoms with van der Waals surface area (Å²) in [4.78, 5) is 13.0. The number of esters is 1. The van der Waals surface area contributed by atoms with Crippen molar-refractivity contribution in [3.8, 4) is 0 Å². The molecule has 0 spiro atoms.